The Morgan fingerprint density at radius 1 is 1.08 bits per heavy atom. The number of piperidine rings is 1. The Labute approximate surface area is 151 Å². The van der Waals surface area contributed by atoms with Gasteiger partial charge in [-0.1, -0.05) is 25.3 Å². The van der Waals surface area contributed by atoms with Crippen LogP contribution in [0.4, 0.5) is 5.82 Å². The number of pyridine rings is 1. The van der Waals surface area contributed by atoms with Crippen LogP contribution in [-0.4, -0.2) is 55.1 Å². The summed E-state index contributed by atoms with van der Waals surface area (Å²) < 4.78 is 0. The van der Waals surface area contributed by atoms with Crippen LogP contribution in [0.2, 0.25) is 0 Å². The van der Waals surface area contributed by atoms with Gasteiger partial charge in [0.1, 0.15) is 5.82 Å². The molecular weight excluding hydrogens is 312 g/mol. The summed E-state index contributed by atoms with van der Waals surface area (Å²) >= 11 is 0. The smallest absolute Gasteiger partial charge is 0.234 e. The van der Waals surface area contributed by atoms with E-state index in [0.29, 0.717) is 12.5 Å². The number of carbonyl (C=O) groups excluding carboxylic acids is 1. The first-order valence-electron chi connectivity index (χ1n) is 9.96. The normalized spacial score (nSPS) is 22.9. The van der Waals surface area contributed by atoms with E-state index in [0.717, 1.165) is 38.5 Å². The standard InChI is InChI=1S/C20H32N4O/c25-20(17-23-12-6-2-1-3-7-13-23)22-15-18-9-8-14-24(16-18)19-10-4-5-11-21-19/h4-5,10-11,18H,1-3,6-9,12-17H2,(H,22,25)/t18-/m1/s1. The molecule has 0 aliphatic carbocycles. The van der Waals surface area contributed by atoms with Gasteiger partial charge in [-0.05, 0) is 56.8 Å². The zero-order valence-corrected chi connectivity index (χ0v) is 15.3. The van der Waals surface area contributed by atoms with Crippen molar-refractivity contribution in [2.75, 3.05) is 44.2 Å². The summed E-state index contributed by atoms with van der Waals surface area (Å²) in [5.41, 5.74) is 0. The van der Waals surface area contributed by atoms with Crippen LogP contribution in [-0.2, 0) is 4.79 Å². The van der Waals surface area contributed by atoms with E-state index in [4.69, 9.17) is 0 Å². The largest absolute Gasteiger partial charge is 0.356 e. The van der Waals surface area contributed by atoms with Crippen molar-refractivity contribution in [3.8, 4) is 0 Å². The lowest BCUT2D eigenvalue weighted by Gasteiger charge is -2.33. The van der Waals surface area contributed by atoms with Crippen molar-refractivity contribution in [3.63, 3.8) is 0 Å². The van der Waals surface area contributed by atoms with Crippen LogP contribution in [0.15, 0.2) is 24.4 Å². The number of hydrogen-bond donors (Lipinski definition) is 1. The number of hydrogen-bond acceptors (Lipinski definition) is 4. The molecule has 3 heterocycles. The molecule has 1 amide bonds. The van der Waals surface area contributed by atoms with Crippen LogP contribution < -0.4 is 10.2 Å². The van der Waals surface area contributed by atoms with E-state index in [9.17, 15) is 4.79 Å². The van der Waals surface area contributed by atoms with E-state index in [1.165, 1.54) is 44.9 Å². The van der Waals surface area contributed by atoms with Crippen LogP contribution in [0.1, 0.15) is 44.9 Å². The zero-order chi connectivity index (χ0) is 17.3. The minimum absolute atomic E-state index is 0.190. The van der Waals surface area contributed by atoms with Crippen LogP contribution >= 0.6 is 0 Å². The summed E-state index contributed by atoms with van der Waals surface area (Å²) in [6.45, 7) is 5.55. The fourth-order valence-electron chi connectivity index (χ4n) is 3.97. The molecule has 1 N–H and O–H groups in total. The molecule has 1 aromatic heterocycles. The number of amides is 1. The highest BCUT2D eigenvalue weighted by molar-refractivity contribution is 5.78. The third-order valence-electron chi connectivity index (χ3n) is 5.40. The molecule has 5 nitrogen and oxygen atoms in total. The van der Waals surface area contributed by atoms with E-state index in [-0.39, 0.29) is 5.91 Å². The molecule has 0 bridgehead atoms. The van der Waals surface area contributed by atoms with Gasteiger partial charge >= 0.3 is 0 Å². The number of likely N-dealkylation sites (tertiary alicyclic amines) is 1. The predicted molar refractivity (Wildman–Crippen MR) is 102 cm³/mol. The number of nitrogens with one attached hydrogen (secondary N) is 1. The average molecular weight is 345 g/mol. The quantitative estimate of drug-likeness (QED) is 0.892. The first kappa shape index (κ1) is 18.2. The molecule has 2 aliphatic rings. The lowest BCUT2D eigenvalue weighted by Crippen LogP contribution is -2.44. The lowest BCUT2D eigenvalue weighted by atomic mass is 9.98. The second kappa shape index (κ2) is 9.76. The van der Waals surface area contributed by atoms with Crippen LogP contribution in [0, 0.1) is 5.92 Å². The molecule has 25 heavy (non-hydrogen) atoms. The highest BCUT2D eigenvalue weighted by Gasteiger charge is 2.21. The second-order valence-corrected chi connectivity index (χ2v) is 7.49. The van der Waals surface area contributed by atoms with Crippen molar-refractivity contribution in [1.82, 2.24) is 15.2 Å². The number of carbonyl (C=O) groups is 1. The molecule has 0 unspecified atom stereocenters. The minimum atomic E-state index is 0.190. The fourth-order valence-corrected chi connectivity index (χ4v) is 3.97. The summed E-state index contributed by atoms with van der Waals surface area (Å²) in [5, 5.41) is 3.18. The van der Waals surface area contributed by atoms with Crippen LogP contribution in [0.3, 0.4) is 0 Å². The van der Waals surface area contributed by atoms with E-state index in [1.807, 2.05) is 18.3 Å². The molecule has 2 saturated heterocycles. The Bertz CT molecular complexity index is 514. The van der Waals surface area contributed by atoms with Gasteiger partial charge in [-0.3, -0.25) is 9.69 Å². The number of nitrogens with zero attached hydrogens (tertiary/aromatic N) is 3. The van der Waals surface area contributed by atoms with Gasteiger partial charge in [0.25, 0.3) is 0 Å². The maximum absolute atomic E-state index is 12.3. The minimum Gasteiger partial charge on any atom is -0.356 e. The first-order chi connectivity index (χ1) is 12.3. The van der Waals surface area contributed by atoms with E-state index >= 15 is 0 Å². The van der Waals surface area contributed by atoms with Gasteiger partial charge in [0, 0.05) is 25.8 Å². The maximum atomic E-state index is 12.3. The predicted octanol–water partition coefficient (Wildman–Crippen LogP) is 2.68. The van der Waals surface area contributed by atoms with Crippen molar-refractivity contribution in [2.45, 2.75) is 44.9 Å². The van der Waals surface area contributed by atoms with Crippen molar-refractivity contribution in [3.05, 3.63) is 24.4 Å². The van der Waals surface area contributed by atoms with Gasteiger partial charge < -0.3 is 10.2 Å². The van der Waals surface area contributed by atoms with E-state index in [1.54, 1.807) is 0 Å². The number of rotatable bonds is 5. The molecule has 0 aromatic carbocycles. The topological polar surface area (TPSA) is 48.5 Å². The van der Waals surface area contributed by atoms with Gasteiger partial charge in [-0.15, -0.1) is 0 Å². The molecule has 0 spiro atoms. The Morgan fingerprint density at radius 3 is 2.64 bits per heavy atom. The van der Waals surface area contributed by atoms with Crippen LogP contribution in [0.5, 0.6) is 0 Å². The van der Waals surface area contributed by atoms with Gasteiger partial charge in [0.15, 0.2) is 0 Å². The summed E-state index contributed by atoms with van der Waals surface area (Å²) in [4.78, 5) is 21.5. The Balaban J connectivity index is 1.40. The highest BCUT2D eigenvalue weighted by Crippen LogP contribution is 2.20. The molecule has 1 atom stereocenters. The maximum Gasteiger partial charge on any atom is 0.234 e. The molecule has 2 aliphatic heterocycles. The Hall–Kier alpha value is -1.62. The highest BCUT2D eigenvalue weighted by atomic mass is 16.2. The Kier molecular flexibility index (Phi) is 7.10. The third kappa shape index (κ3) is 5.99. The van der Waals surface area contributed by atoms with Crippen LogP contribution in [0.25, 0.3) is 0 Å². The number of aromatic nitrogens is 1. The lowest BCUT2D eigenvalue weighted by molar-refractivity contribution is -0.122. The Morgan fingerprint density at radius 2 is 1.88 bits per heavy atom. The molecule has 2 fully saturated rings. The molecular formula is C20H32N4O. The van der Waals surface area contributed by atoms with Crippen molar-refractivity contribution in [2.24, 2.45) is 5.92 Å². The van der Waals surface area contributed by atoms with Crippen molar-refractivity contribution in [1.29, 1.82) is 0 Å². The molecule has 1 aromatic rings. The van der Waals surface area contributed by atoms with Gasteiger partial charge in [-0.2, -0.15) is 0 Å². The van der Waals surface area contributed by atoms with Gasteiger partial charge in [-0.25, -0.2) is 4.98 Å². The summed E-state index contributed by atoms with van der Waals surface area (Å²) in [6, 6.07) is 6.07. The third-order valence-corrected chi connectivity index (χ3v) is 5.40. The summed E-state index contributed by atoms with van der Waals surface area (Å²) in [6.07, 6.45) is 10.6. The van der Waals surface area contributed by atoms with Gasteiger partial charge in [0.2, 0.25) is 5.91 Å². The first-order valence-corrected chi connectivity index (χ1v) is 9.96. The van der Waals surface area contributed by atoms with Crippen molar-refractivity contribution >= 4 is 11.7 Å². The molecule has 0 saturated carbocycles. The van der Waals surface area contributed by atoms with E-state index < -0.39 is 0 Å². The zero-order valence-electron chi connectivity index (χ0n) is 15.3. The molecule has 5 heteroatoms. The molecule has 0 radical (unpaired) electrons. The van der Waals surface area contributed by atoms with Gasteiger partial charge in [0.05, 0.1) is 6.54 Å². The second-order valence-electron chi connectivity index (χ2n) is 7.49. The SMILES string of the molecule is O=C(CN1CCCCCCC1)NC[C@H]1CCCN(c2ccccn2)C1. The average Bonchev–Trinajstić information content (AvgIpc) is 2.63. The van der Waals surface area contributed by atoms with Crippen molar-refractivity contribution < 1.29 is 4.79 Å². The van der Waals surface area contributed by atoms with E-state index in [2.05, 4.69) is 26.2 Å². The summed E-state index contributed by atoms with van der Waals surface area (Å²) in [7, 11) is 0. The molecule has 3 rings (SSSR count). The number of anilines is 1. The molecule has 138 valence electrons. The monoisotopic (exact) mass is 344 g/mol. The fraction of sp³-hybridized carbons (Fsp3) is 0.700. The summed E-state index contributed by atoms with van der Waals surface area (Å²) in [5.74, 6) is 1.77.